The van der Waals surface area contributed by atoms with Crippen LogP contribution in [0.25, 0.3) is 0 Å². The second-order valence-electron chi connectivity index (χ2n) is 8.20. The Morgan fingerprint density at radius 3 is 2.88 bits per heavy atom. The molecule has 3 fully saturated rings. The molecule has 3 heterocycles. The van der Waals surface area contributed by atoms with Crippen molar-refractivity contribution in [3.63, 3.8) is 0 Å². The van der Waals surface area contributed by atoms with Gasteiger partial charge in [0.25, 0.3) is 0 Å². The van der Waals surface area contributed by atoms with Crippen LogP contribution in [0, 0.1) is 11.8 Å². The lowest BCUT2D eigenvalue weighted by Gasteiger charge is -2.54. The van der Waals surface area contributed by atoms with E-state index < -0.39 is 0 Å². The number of anilines is 1. The maximum atomic E-state index is 12.7. The molecular formula is C21H24N2O3. The number of allylic oxidation sites excluding steroid dienone is 1. The van der Waals surface area contributed by atoms with E-state index in [9.17, 15) is 14.7 Å². The molecule has 5 heteroatoms. The highest BCUT2D eigenvalue weighted by Crippen LogP contribution is 2.64. The summed E-state index contributed by atoms with van der Waals surface area (Å²) >= 11 is 0. The van der Waals surface area contributed by atoms with Crippen LogP contribution in [0.5, 0.6) is 5.75 Å². The molecule has 26 heavy (non-hydrogen) atoms. The number of aldehydes is 1. The molecule has 1 aromatic rings. The van der Waals surface area contributed by atoms with Gasteiger partial charge in [-0.1, -0.05) is 23.8 Å². The minimum absolute atomic E-state index is 0.0954. The van der Waals surface area contributed by atoms with E-state index in [-0.39, 0.29) is 34.9 Å². The van der Waals surface area contributed by atoms with Crippen LogP contribution in [0.15, 0.2) is 29.8 Å². The Morgan fingerprint density at radius 1 is 1.38 bits per heavy atom. The zero-order chi connectivity index (χ0) is 18.2. The van der Waals surface area contributed by atoms with Gasteiger partial charge in [-0.2, -0.15) is 0 Å². The Labute approximate surface area is 153 Å². The van der Waals surface area contributed by atoms with E-state index in [1.807, 2.05) is 13.0 Å². The number of hydrogen-bond acceptors (Lipinski definition) is 4. The Morgan fingerprint density at radius 2 is 2.19 bits per heavy atom. The predicted octanol–water partition coefficient (Wildman–Crippen LogP) is 2.23. The molecule has 2 bridgehead atoms. The van der Waals surface area contributed by atoms with Crippen molar-refractivity contribution >= 4 is 17.9 Å². The van der Waals surface area contributed by atoms with E-state index >= 15 is 0 Å². The summed E-state index contributed by atoms with van der Waals surface area (Å²) in [4.78, 5) is 29.3. The number of fused-ring (bicyclic) bond motifs is 2. The number of phenols is 1. The first-order valence-corrected chi connectivity index (χ1v) is 9.51. The molecule has 136 valence electrons. The molecule has 1 aliphatic carbocycles. The van der Waals surface area contributed by atoms with Gasteiger partial charge in [-0.25, -0.2) is 0 Å². The molecule has 4 aliphatic rings. The SMILES string of the molecule is CC=C1CN2CC[C@]34c5cccc(O)c5N(C(C)=O)[C@H]3[C@@H](C=O)[C@@H]1C[C@H]24. The molecule has 1 amide bonds. The van der Waals surface area contributed by atoms with E-state index in [0.717, 1.165) is 37.8 Å². The van der Waals surface area contributed by atoms with Gasteiger partial charge < -0.3 is 14.8 Å². The number of piperidine rings is 1. The second kappa shape index (κ2) is 5.19. The minimum Gasteiger partial charge on any atom is -0.506 e. The highest BCUT2D eigenvalue weighted by atomic mass is 16.3. The molecular weight excluding hydrogens is 328 g/mol. The molecule has 1 aromatic carbocycles. The second-order valence-corrected chi connectivity index (χ2v) is 8.20. The molecule has 5 rings (SSSR count). The first-order chi connectivity index (χ1) is 12.5. The number of aromatic hydroxyl groups is 1. The van der Waals surface area contributed by atoms with Gasteiger partial charge in [-0.05, 0) is 43.9 Å². The fourth-order valence-corrected chi connectivity index (χ4v) is 6.59. The smallest absolute Gasteiger partial charge is 0.224 e. The third kappa shape index (κ3) is 1.65. The number of amides is 1. The summed E-state index contributed by atoms with van der Waals surface area (Å²) in [5.74, 6) is 0.00832. The third-order valence-electron chi connectivity index (χ3n) is 7.45. The van der Waals surface area contributed by atoms with Gasteiger partial charge >= 0.3 is 0 Å². The average Bonchev–Trinajstić information content (AvgIpc) is 3.17. The van der Waals surface area contributed by atoms with Gasteiger partial charge in [0.15, 0.2) is 0 Å². The molecule has 3 aliphatic heterocycles. The lowest BCUT2D eigenvalue weighted by atomic mass is 9.55. The van der Waals surface area contributed by atoms with Crippen molar-refractivity contribution in [2.24, 2.45) is 11.8 Å². The standard InChI is InChI=1S/C21H24N2O3/c1-3-13-10-22-8-7-21-16-5-4-6-17(26)19(16)23(12(2)25)20(21)15(11-24)14(13)9-18(21)22/h3-6,11,14-15,18,20,26H,7-10H2,1-2H3/t14-,15+,18+,20+,21-/m1/s1. The van der Waals surface area contributed by atoms with Gasteiger partial charge in [0.1, 0.15) is 12.0 Å². The van der Waals surface area contributed by atoms with Gasteiger partial charge in [0.05, 0.1) is 11.7 Å². The van der Waals surface area contributed by atoms with E-state index in [0.29, 0.717) is 11.7 Å². The summed E-state index contributed by atoms with van der Waals surface area (Å²) in [6.07, 6.45) is 5.11. The van der Waals surface area contributed by atoms with Crippen molar-refractivity contribution < 1.29 is 14.7 Å². The van der Waals surface area contributed by atoms with Crippen molar-refractivity contribution in [3.05, 3.63) is 35.4 Å². The lowest BCUT2D eigenvalue weighted by Crippen LogP contribution is -2.65. The number of benzene rings is 1. The van der Waals surface area contributed by atoms with Crippen molar-refractivity contribution in [3.8, 4) is 5.75 Å². The number of carbonyl (C=O) groups is 2. The van der Waals surface area contributed by atoms with Crippen LogP contribution in [0.3, 0.4) is 0 Å². The summed E-state index contributed by atoms with van der Waals surface area (Å²) in [7, 11) is 0. The lowest BCUT2D eigenvalue weighted by molar-refractivity contribution is -0.120. The Bertz CT molecular complexity index is 848. The third-order valence-corrected chi connectivity index (χ3v) is 7.45. The zero-order valence-corrected chi connectivity index (χ0v) is 15.2. The summed E-state index contributed by atoms with van der Waals surface area (Å²) in [6.45, 7) is 5.48. The number of carbonyl (C=O) groups excluding carboxylic acids is 2. The summed E-state index contributed by atoms with van der Waals surface area (Å²) in [5.41, 5.74) is 2.76. The van der Waals surface area contributed by atoms with Crippen LogP contribution < -0.4 is 4.90 Å². The summed E-state index contributed by atoms with van der Waals surface area (Å²) in [5, 5.41) is 10.6. The maximum Gasteiger partial charge on any atom is 0.224 e. The Balaban J connectivity index is 1.81. The number of rotatable bonds is 1. The monoisotopic (exact) mass is 352 g/mol. The number of hydrogen-bond donors (Lipinski definition) is 1. The van der Waals surface area contributed by atoms with Crippen molar-refractivity contribution in [1.82, 2.24) is 4.90 Å². The normalized spacial score (nSPS) is 39.0. The summed E-state index contributed by atoms with van der Waals surface area (Å²) in [6, 6.07) is 5.69. The molecule has 5 atom stereocenters. The highest BCUT2D eigenvalue weighted by molar-refractivity contribution is 5.98. The van der Waals surface area contributed by atoms with E-state index in [1.165, 1.54) is 5.57 Å². The molecule has 2 saturated heterocycles. The van der Waals surface area contributed by atoms with Crippen LogP contribution in [-0.4, -0.2) is 47.4 Å². The van der Waals surface area contributed by atoms with Gasteiger partial charge in [-0.15, -0.1) is 0 Å². The van der Waals surface area contributed by atoms with Gasteiger partial charge in [-0.3, -0.25) is 9.69 Å². The van der Waals surface area contributed by atoms with Crippen LogP contribution in [0.1, 0.15) is 32.3 Å². The molecule has 0 radical (unpaired) electrons. The largest absolute Gasteiger partial charge is 0.506 e. The summed E-state index contributed by atoms with van der Waals surface area (Å²) < 4.78 is 0. The zero-order valence-electron chi connectivity index (χ0n) is 15.2. The predicted molar refractivity (Wildman–Crippen MR) is 98.1 cm³/mol. The number of nitrogens with zero attached hydrogens (tertiary/aromatic N) is 2. The topological polar surface area (TPSA) is 60.9 Å². The van der Waals surface area contributed by atoms with E-state index in [2.05, 4.69) is 17.0 Å². The Hall–Kier alpha value is -2.14. The molecule has 0 unspecified atom stereocenters. The van der Waals surface area contributed by atoms with E-state index in [4.69, 9.17) is 0 Å². The maximum absolute atomic E-state index is 12.7. The van der Waals surface area contributed by atoms with Crippen molar-refractivity contribution in [2.75, 3.05) is 18.0 Å². The van der Waals surface area contributed by atoms with Gasteiger partial charge in [0, 0.05) is 30.8 Å². The first-order valence-electron chi connectivity index (χ1n) is 9.51. The molecule has 0 aromatic heterocycles. The fourth-order valence-electron chi connectivity index (χ4n) is 6.59. The van der Waals surface area contributed by atoms with Crippen molar-refractivity contribution in [1.29, 1.82) is 0 Å². The van der Waals surface area contributed by atoms with Crippen LogP contribution in [-0.2, 0) is 15.0 Å². The van der Waals surface area contributed by atoms with Gasteiger partial charge in [0.2, 0.25) is 5.91 Å². The quantitative estimate of drug-likeness (QED) is 0.622. The van der Waals surface area contributed by atoms with Crippen LogP contribution in [0.4, 0.5) is 5.69 Å². The highest BCUT2D eigenvalue weighted by Gasteiger charge is 2.68. The molecule has 1 saturated carbocycles. The van der Waals surface area contributed by atoms with Crippen LogP contribution >= 0.6 is 0 Å². The molecule has 1 spiro atoms. The van der Waals surface area contributed by atoms with Crippen molar-refractivity contribution in [2.45, 2.75) is 44.2 Å². The van der Waals surface area contributed by atoms with Crippen LogP contribution in [0.2, 0.25) is 0 Å². The molecule has 1 N–H and O–H groups in total. The Kier molecular flexibility index (Phi) is 3.21. The fraction of sp³-hybridized carbons (Fsp3) is 0.524. The first kappa shape index (κ1) is 16.1. The number of phenolic OH excluding ortho intramolecular Hbond substituents is 1. The number of para-hydroxylation sites is 1. The van der Waals surface area contributed by atoms with E-state index in [1.54, 1.807) is 17.9 Å². The minimum atomic E-state index is -0.249. The average molecular weight is 352 g/mol. The molecule has 5 nitrogen and oxygen atoms in total.